The van der Waals surface area contributed by atoms with Crippen molar-refractivity contribution < 1.29 is 9.47 Å². The summed E-state index contributed by atoms with van der Waals surface area (Å²) in [6.45, 7) is 0. The van der Waals surface area contributed by atoms with Crippen LogP contribution in [0.4, 0.5) is 5.69 Å². The monoisotopic (exact) mass is 302 g/mol. The predicted molar refractivity (Wildman–Crippen MR) is 81.1 cm³/mol. The van der Waals surface area contributed by atoms with Crippen molar-refractivity contribution in [2.24, 2.45) is 0 Å². The van der Waals surface area contributed by atoms with Crippen molar-refractivity contribution in [3.8, 4) is 11.5 Å². The van der Waals surface area contributed by atoms with E-state index in [4.69, 9.17) is 15.2 Å². The van der Waals surface area contributed by atoms with Crippen molar-refractivity contribution in [3.05, 3.63) is 36.5 Å². The third kappa shape index (κ3) is 2.47. The van der Waals surface area contributed by atoms with Crippen molar-refractivity contribution in [1.29, 1.82) is 0 Å². The number of nitrogen functional groups attached to an aromatic ring is 1. The Morgan fingerprint density at radius 1 is 1.10 bits per heavy atom. The molecule has 2 aromatic heterocycles. The Kier molecular flexibility index (Phi) is 3.57. The summed E-state index contributed by atoms with van der Waals surface area (Å²) in [4.78, 5) is 0.839. The number of anilines is 1. The van der Waals surface area contributed by atoms with E-state index >= 15 is 0 Å². The summed E-state index contributed by atoms with van der Waals surface area (Å²) in [5, 5.41) is 9.03. The van der Waals surface area contributed by atoms with Gasteiger partial charge in [-0.25, -0.2) is 0 Å². The maximum Gasteiger partial charge on any atom is 0.200 e. The fourth-order valence-corrected chi connectivity index (χ4v) is 2.83. The molecule has 2 heterocycles. The number of pyridine rings is 1. The zero-order valence-corrected chi connectivity index (χ0v) is 12.4. The van der Waals surface area contributed by atoms with Crippen molar-refractivity contribution in [1.82, 2.24) is 14.6 Å². The van der Waals surface area contributed by atoms with Crippen molar-refractivity contribution in [2.45, 2.75) is 10.1 Å². The maximum absolute atomic E-state index is 6.07. The van der Waals surface area contributed by atoms with Crippen molar-refractivity contribution >= 4 is 23.1 Å². The van der Waals surface area contributed by atoms with Crippen LogP contribution in [0.3, 0.4) is 0 Å². The highest BCUT2D eigenvalue weighted by atomic mass is 32.2. The van der Waals surface area contributed by atoms with E-state index in [1.54, 1.807) is 20.3 Å². The molecule has 0 saturated carbocycles. The number of fused-ring (bicyclic) bond motifs is 1. The second-order valence-corrected chi connectivity index (χ2v) is 5.27. The summed E-state index contributed by atoms with van der Waals surface area (Å²) < 4.78 is 12.4. The molecule has 2 N–H and O–H groups in total. The van der Waals surface area contributed by atoms with Gasteiger partial charge in [-0.15, -0.1) is 10.2 Å². The number of nitrogens with two attached hydrogens (primary N) is 1. The smallest absolute Gasteiger partial charge is 0.200 e. The van der Waals surface area contributed by atoms with E-state index in [0.717, 1.165) is 15.7 Å². The molecule has 0 atom stereocenters. The summed E-state index contributed by atoms with van der Waals surface area (Å²) >= 11 is 1.43. The standard InChI is InChI=1S/C14H14N4O2S/c1-19-10-7-9(15)12(8-11(10)20-2)21-14-17-16-13-5-3-4-6-18(13)14/h3-8H,15H2,1-2H3. The molecule has 0 unspecified atom stereocenters. The SMILES string of the molecule is COc1cc(N)c(Sc2nnc3ccccn23)cc1OC. The number of hydrogen-bond donors (Lipinski definition) is 1. The fourth-order valence-electron chi connectivity index (χ4n) is 1.95. The first-order valence-corrected chi connectivity index (χ1v) is 7.03. The summed E-state index contributed by atoms with van der Waals surface area (Å²) in [5.41, 5.74) is 7.46. The lowest BCUT2D eigenvalue weighted by atomic mass is 10.3. The molecule has 0 fully saturated rings. The molecule has 0 spiro atoms. The lowest BCUT2D eigenvalue weighted by Crippen LogP contribution is -1.96. The number of hydrogen-bond acceptors (Lipinski definition) is 6. The third-order valence-electron chi connectivity index (χ3n) is 3.00. The molecule has 0 bridgehead atoms. The minimum atomic E-state index is 0.602. The van der Waals surface area contributed by atoms with Crippen LogP contribution in [0.1, 0.15) is 0 Å². The quantitative estimate of drug-likeness (QED) is 0.746. The zero-order chi connectivity index (χ0) is 14.8. The second kappa shape index (κ2) is 5.53. The van der Waals surface area contributed by atoms with E-state index in [0.29, 0.717) is 17.2 Å². The van der Waals surface area contributed by atoms with Gasteiger partial charge in [-0.1, -0.05) is 6.07 Å². The summed E-state index contributed by atoms with van der Waals surface area (Å²) in [6.07, 6.45) is 1.91. The number of nitrogens with zero attached hydrogens (tertiary/aromatic N) is 3. The molecule has 0 aliphatic rings. The highest BCUT2D eigenvalue weighted by Gasteiger charge is 2.13. The lowest BCUT2D eigenvalue weighted by Gasteiger charge is -2.11. The largest absolute Gasteiger partial charge is 0.493 e. The molecule has 0 aliphatic heterocycles. The van der Waals surface area contributed by atoms with Gasteiger partial charge in [-0.2, -0.15) is 0 Å². The van der Waals surface area contributed by atoms with Gasteiger partial charge < -0.3 is 15.2 Å². The second-order valence-electron chi connectivity index (χ2n) is 4.26. The summed E-state index contributed by atoms with van der Waals surface area (Å²) in [6, 6.07) is 9.32. The highest BCUT2D eigenvalue weighted by molar-refractivity contribution is 7.99. The molecule has 0 radical (unpaired) electrons. The van der Waals surface area contributed by atoms with Crippen LogP contribution in [0, 0.1) is 0 Å². The molecule has 7 heteroatoms. The van der Waals surface area contributed by atoms with E-state index in [1.165, 1.54) is 11.8 Å². The van der Waals surface area contributed by atoms with Crippen LogP contribution in [0.2, 0.25) is 0 Å². The molecule has 108 valence electrons. The molecule has 0 saturated heterocycles. The van der Waals surface area contributed by atoms with Gasteiger partial charge in [0.05, 0.1) is 14.2 Å². The number of rotatable bonds is 4. The first kappa shape index (κ1) is 13.6. The average Bonchev–Trinajstić information content (AvgIpc) is 2.92. The molecule has 3 aromatic rings. The zero-order valence-electron chi connectivity index (χ0n) is 11.6. The predicted octanol–water partition coefficient (Wildman–Crippen LogP) is 2.48. The number of benzene rings is 1. The van der Waals surface area contributed by atoms with E-state index in [2.05, 4.69) is 10.2 Å². The van der Waals surface area contributed by atoms with Crippen LogP contribution < -0.4 is 15.2 Å². The van der Waals surface area contributed by atoms with E-state index in [1.807, 2.05) is 34.9 Å². The topological polar surface area (TPSA) is 74.7 Å². The van der Waals surface area contributed by atoms with Crippen molar-refractivity contribution in [2.75, 3.05) is 20.0 Å². The summed E-state index contributed by atoms with van der Waals surface area (Å²) in [5.74, 6) is 1.23. The Morgan fingerprint density at radius 3 is 2.62 bits per heavy atom. The Hall–Kier alpha value is -2.41. The van der Waals surface area contributed by atoms with Gasteiger partial charge in [0.25, 0.3) is 0 Å². The molecule has 6 nitrogen and oxygen atoms in total. The maximum atomic E-state index is 6.07. The molecule has 21 heavy (non-hydrogen) atoms. The Balaban J connectivity index is 2.01. The van der Waals surface area contributed by atoms with Gasteiger partial charge in [0.1, 0.15) is 0 Å². The van der Waals surface area contributed by atoms with Gasteiger partial charge >= 0.3 is 0 Å². The van der Waals surface area contributed by atoms with Gasteiger partial charge in [0.2, 0.25) is 5.16 Å². The van der Waals surface area contributed by atoms with Gasteiger partial charge in [0.15, 0.2) is 17.1 Å². The number of methoxy groups -OCH3 is 2. The van der Waals surface area contributed by atoms with Gasteiger partial charge in [-0.3, -0.25) is 4.40 Å². The Labute approximate surface area is 125 Å². The highest BCUT2D eigenvalue weighted by Crippen LogP contribution is 2.39. The van der Waals surface area contributed by atoms with Gasteiger partial charge in [-0.05, 0) is 23.9 Å². The molecule has 1 aromatic carbocycles. The molecule has 0 amide bonds. The van der Waals surface area contributed by atoms with Crippen LogP contribution in [0.5, 0.6) is 11.5 Å². The molecule has 3 rings (SSSR count). The Morgan fingerprint density at radius 2 is 1.86 bits per heavy atom. The van der Waals surface area contributed by atoms with Crippen LogP contribution in [0.15, 0.2) is 46.6 Å². The van der Waals surface area contributed by atoms with E-state index in [9.17, 15) is 0 Å². The van der Waals surface area contributed by atoms with Gasteiger partial charge in [0, 0.05) is 28.9 Å². The van der Waals surface area contributed by atoms with Crippen LogP contribution >= 0.6 is 11.8 Å². The van der Waals surface area contributed by atoms with Crippen LogP contribution in [0.25, 0.3) is 5.65 Å². The average molecular weight is 302 g/mol. The summed E-state index contributed by atoms with van der Waals surface area (Å²) in [7, 11) is 3.17. The third-order valence-corrected chi connectivity index (χ3v) is 4.03. The lowest BCUT2D eigenvalue weighted by molar-refractivity contribution is 0.354. The minimum absolute atomic E-state index is 0.602. The molecular formula is C14H14N4O2S. The first-order chi connectivity index (χ1) is 10.2. The first-order valence-electron chi connectivity index (χ1n) is 6.22. The number of aromatic nitrogens is 3. The van der Waals surface area contributed by atoms with E-state index < -0.39 is 0 Å². The number of ether oxygens (including phenoxy) is 2. The minimum Gasteiger partial charge on any atom is -0.493 e. The van der Waals surface area contributed by atoms with Crippen LogP contribution in [-0.4, -0.2) is 28.8 Å². The normalized spacial score (nSPS) is 10.8. The van der Waals surface area contributed by atoms with E-state index in [-0.39, 0.29) is 0 Å². The molecule has 0 aliphatic carbocycles. The van der Waals surface area contributed by atoms with Crippen LogP contribution in [-0.2, 0) is 0 Å². The Bertz CT molecular complexity index is 788. The fraction of sp³-hybridized carbons (Fsp3) is 0.143. The molecular weight excluding hydrogens is 288 g/mol. The van der Waals surface area contributed by atoms with Crippen molar-refractivity contribution in [3.63, 3.8) is 0 Å².